The zero-order valence-electron chi connectivity index (χ0n) is 14.8. The second kappa shape index (κ2) is 7.11. The highest BCUT2D eigenvalue weighted by Crippen LogP contribution is 2.39. The largest absolute Gasteiger partial charge is 0.483 e. The van der Waals surface area contributed by atoms with E-state index in [1.54, 1.807) is 6.92 Å². The number of sulfone groups is 1. The Kier molecular flexibility index (Phi) is 5.01. The van der Waals surface area contributed by atoms with Gasteiger partial charge >= 0.3 is 0 Å². The molecule has 0 aliphatic heterocycles. The summed E-state index contributed by atoms with van der Waals surface area (Å²) in [5, 5.41) is 2.57. The quantitative estimate of drug-likeness (QED) is 0.846. The Balaban J connectivity index is 1.68. The normalized spacial score (nSPS) is 16.1. The number of ether oxygens (including phenoxy) is 1. The molecule has 1 aliphatic carbocycles. The molecule has 0 unspecified atom stereocenters. The molecule has 27 heavy (non-hydrogen) atoms. The van der Waals surface area contributed by atoms with E-state index in [9.17, 15) is 22.4 Å². The van der Waals surface area contributed by atoms with Gasteiger partial charge in [0.05, 0.1) is 10.5 Å². The summed E-state index contributed by atoms with van der Waals surface area (Å²) in [5.41, 5.74) is 0.937. The molecule has 0 aromatic heterocycles. The van der Waals surface area contributed by atoms with Crippen LogP contribution in [0.15, 0.2) is 41.3 Å². The standard InChI is InChI=1S/C19H18FNO5S/c1-11-9-15(22)19-16(8-7-14(20)18(11)19)26-10-17(23)21-12-3-5-13(6-4-12)27(2,24)25/h3-8,11H,9-10H2,1-2H3,(H,21,23)/t11-/m0/s1. The smallest absolute Gasteiger partial charge is 0.262 e. The van der Waals surface area contributed by atoms with Crippen molar-refractivity contribution in [1.82, 2.24) is 0 Å². The van der Waals surface area contributed by atoms with E-state index >= 15 is 0 Å². The molecule has 0 fully saturated rings. The number of halogens is 1. The summed E-state index contributed by atoms with van der Waals surface area (Å²) in [7, 11) is -3.31. The minimum atomic E-state index is -3.31. The van der Waals surface area contributed by atoms with E-state index in [0.29, 0.717) is 11.3 Å². The highest BCUT2D eigenvalue weighted by Gasteiger charge is 2.32. The van der Waals surface area contributed by atoms with Gasteiger partial charge in [0.2, 0.25) is 0 Å². The molecule has 6 nitrogen and oxygen atoms in total. The predicted molar refractivity (Wildman–Crippen MR) is 97.4 cm³/mol. The number of amides is 1. The van der Waals surface area contributed by atoms with Gasteiger partial charge in [-0.1, -0.05) is 6.92 Å². The number of nitrogens with one attached hydrogen (secondary N) is 1. The van der Waals surface area contributed by atoms with E-state index in [-0.39, 0.29) is 40.9 Å². The molecule has 2 aromatic carbocycles. The van der Waals surface area contributed by atoms with Gasteiger partial charge in [-0.2, -0.15) is 0 Å². The third-order valence-corrected chi connectivity index (χ3v) is 5.47. The number of Topliss-reactive ketones (excluding diaryl/α,β-unsaturated/α-hetero) is 1. The third-order valence-electron chi connectivity index (χ3n) is 4.34. The monoisotopic (exact) mass is 391 g/mol. The summed E-state index contributed by atoms with van der Waals surface area (Å²) in [5.74, 6) is -1.19. The molecule has 1 N–H and O–H groups in total. The number of hydrogen-bond acceptors (Lipinski definition) is 5. The first kappa shape index (κ1) is 19.0. The molecule has 3 rings (SSSR count). The number of ketones is 1. The number of carbonyl (C=O) groups excluding carboxylic acids is 2. The predicted octanol–water partition coefficient (Wildman–Crippen LogP) is 2.94. The van der Waals surface area contributed by atoms with Gasteiger partial charge in [-0.15, -0.1) is 0 Å². The minimum absolute atomic E-state index is 0.145. The second-order valence-electron chi connectivity index (χ2n) is 6.50. The Bertz CT molecular complexity index is 1020. The molecule has 0 radical (unpaired) electrons. The lowest BCUT2D eigenvalue weighted by molar-refractivity contribution is -0.118. The van der Waals surface area contributed by atoms with Gasteiger partial charge in [0.25, 0.3) is 5.91 Å². The van der Waals surface area contributed by atoms with Crippen LogP contribution in [-0.2, 0) is 14.6 Å². The number of hydrogen-bond donors (Lipinski definition) is 1. The van der Waals surface area contributed by atoms with E-state index in [2.05, 4.69) is 5.32 Å². The van der Waals surface area contributed by atoms with E-state index < -0.39 is 21.6 Å². The van der Waals surface area contributed by atoms with Gasteiger partial charge in [-0.25, -0.2) is 12.8 Å². The van der Waals surface area contributed by atoms with Crippen molar-refractivity contribution in [1.29, 1.82) is 0 Å². The Labute approximate surface area is 156 Å². The van der Waals surface area contributed by atoms with Crippen molar-refractivity contribution >= 4 is 27.2 Å². The van der Waals surface area contributed by atoms with E-state index in [1.807, 2.05) is 0 Å². The first-order valence-electron chi connectivity index (χ1n) is 8.25. The van der Waals surface area contributed by atoms with Crippen molar-refractivity contribution in [3.63, 3.8) is 0 Å². The first-order valence-corrected chi connectivity index (χ1v) is 10.1. The van der Waals surface area contributed by atoms with Gasteiger partial charge in [-0.05, 0) is 42.3 Å². The van der Waals surface area contributed by atoms with E-state index in [0.717, 1.165) is 6.26 Å². The van der Waals surface area contributed by atoms with Crippen molar-refractivity contribution in [2.75, 3.05) is 18.2 Å². The Hall–Kier alpha value is -2.74. The van der Waals surface area contributed by atoms with Crippen molar-refractivity contribution in [2.24, 2.45) is 0 Å². The topological polar surface area (TPSA) is 89.5 Å². The SMILES string of the molecule is C[C@H]1CC(=O)c2c(OCC(=O)Nc3ccc(S(C)(=O)=O)cc3)ccc(F)c21. The van der Waals surface area contributed by atoms with Crippen molar-refractivity contribution < 1.29 is 27.1 Å². The lowest BCUT2D eigenvalue weighted by Crippen LogP contribution is -2.20. The maximum absolute atomic E-state index is 14.0. The maximum atomic E-state index is 14.0. The van der Waals surface area contributed by atoms with Crippen LogP contribution in [0.5, 0.6) is 5.75 Å². The van der Waals surface area contributed by atoms with Crippen LogP contribution >= 0.6 is 0 Å². The Morgan fingerprint density at radius 3 is 2.52 bits per heavy atom. The third kappa shape index (κ3) is 4.00. The highest BCUT2D eigenvalue weighted by molar-refractivity contribution is 7.90. The first-order chi connectivity index (χ1) is 12.7. The summed E-state index contributed by atoms with van der Waals surface area (Å²) < 4.78 is 42.3. The second-order valence-corrected chi connectivity index (χ2v) is 8.51. The lowest BCUT2D eigenvalue weighted by Gasteiger charge is -2.12. The Morgan fingerprint density at radius 2 is 1.89 bits per heavy atom. The zero-order valence-corrected chi connectivity index (χ0v) is 15.6. The summed E-state index contributed by atoms with van der Waals surface area (Å²) >= 11 is 0. The Morgan fingerprint density at radius 1 is 1.22 bits per heavy atom. The van der Waals surface area contributed by atoms with Crippen LogP contribution in [0.3, 0.4) is 0 Å². The van der Waals surface area contributed by atoms with Crippen LogP contribution in [0, 0.1) is 5.82 Å². The molecule has 0 spiro atoms. The van der Waals surface area contributed by atoms with Gasteiger partial charge in [0, 0.05) is 23.9 Å². The zero-order chi connectivity index (χ0) is 19.8. The average Bonchev–Trinajstić information content (AvgIpc) is 2.90. The fourth-order valence-corrected chi connectivity index (χ4v) is 3.70. The molecule has 1 aliphatic rings. The van der Waals surface area contributed by atoms with Crippen molar-refractivity contribution in [2.45, 2.75) is 24.2 Å². The van der Waals surface area contributed by atoms with Gasteiger partial charge in [0.15, 0.2) is 22.2 Å². The van der Waals surface area contributed by atoms with Crippen LogP contribution in [0.25, 0.3) is 0 Å². The fourth-order valence-electron chi connectivity index (χ4n) is 3.07. The van der Waals surface area contributed by atoms with Crippen LogP contribution in [0.2, 0.25) is 0 Å². The average molecular weight is 391 g/mol. The molecule has 0 saturated heterocycles. The lowest BCUT2D eigenvalue weighted by atomic mass is 10.0. The number of anilines is 1. The molecule has 1 atom stereocenters. The number of benzene rings is 2. The highest BCUT2D eigenvalue weighted by atomic mass is 32.2. The van der Waals surface area contributed by atoms with Gasteiger partial charge < -0.3 is 10.1 Å². The summed E-state index contributed by atoms with van der Waals surface area (Å²) in [4.78, 5) is 24.3. The molecular formula is C19H18FNO5S. The summed E-state index contributed by atoms with van der Waals surface area (Å²) in [6, 6.07) is 8.28. The molecule has 0 heterocycles. The van der Waals surface area contributed by atoms with Gasteiger partial charge in [0.1, 0.15) is 11.6 Å². The van der Waals surface area contributed by atoms with Crippen LogP contribution in [0.1, 0.15) is 35.2 Å². The van der Waals surface area contributed by atoms with E-state index in [1.165, 1.54) is 36.4 Å². The molecule has 0 saturated carbocycles. The number of rotatable bonds is 5. The van der Waals surface area contributed by atoms with Crippen molar-refractivity contribution in [3.8, 4) is 5.75 Å². The van der Waals surface area contributed by atoms with Crippen LogP contribution in [-0.4, -0.2) is 33.0 Å². The van der Waals surface area contributed by atoms with Crippen LogP contribution in [0.4, 0.5) is 10.1 Å². The fraction of sp³-hybridized carbons (Fsp3) is 0.263. The maximum Gasteiger partial charge on any atom is 0.262 e. The molecule has 1 amide bonds. The minimum Gasteiger partial charge on any atom is -0.483 e. The molecule has 2 aromatic rings. The van der Waals surface area contributed by atoms with Gasteiger partial charge in [-0.3, -0.25) is 9.59 Å². The number of carbonyl (C=O) groups is 2. The number of fused-ring (bicyclic) bond motifs is 1. The van der Waals surface area contributed by atoms with Crippen molar-refractivity contribution in [3.05, 3.63) is 53.3 Å². The molecular weight excluding hydrogens is 373 g/mol. The molecule has 142 valence electrons. The molecule has 0 bridgehead atoms. The summed E-state index contributed by atoms with van der Waals surface area (Å²) in [6.07, 6.45) is 1.31. The summed E-state index contributed by atoms with van der Waals surface area (Å²) in [6.45, 7) is 1.40. The molecule has 8 heteroatoms. The van der Waals surface area contributed by atoms with Crippen LogP contribution < -0.4 is 10.1 Å². The van der Waals surface area contributed by atoms with E-state index in [4.69, 9.17) is 4.74 Å².